The van der Waals surface area contributed by atoms with Crippen LogP contribution in [0.1, 0.15) is 12.5 Å². The van der Waals surface area contributed by atoms with Crippen LogP contribution in [0.3, 0.4) is 0 Å². The number of hydrogen-bond donors (Lipinski definition) is 1. The minimum Gasteiger partial charge on any atom is -0.494 e. The van der Waals surface area contributed by atoms with Crippen LogP contribution in [0, 0.1) is 0 Å². The van der Waals surface area contributed by atoms with Gasteiger partial charge >= 0.3 is 0 Å². The molecule has 0 unspecified atom stereocenters. The predicted molar refractivity (Wildman–Crippen MR) is 131 cm³/mol. The van der Waals surface area contributed by atoms with Crippen molar-refractivity contribution in [3.63, 3.8) is 0 Å². The lowest BCUT2D eigenvalue weighted by Gasteiger charge is -2.23. The Hall–Kier alpha value is -3.07. The highest BCUT2D eigenvalue weighted by Gasteiger charge is 2.27. The summed E-state index contributed by atoms with van der Waals surface area (Å²) in [4.78, 5) is 12.6. The van der Waals surface area contributed by atoms with Crippen LogP contribution in [-0.4, -0.2) is 33.7 Å². The summed E-state index contributed by atoms with van der Waals surface area (Å²) in [5.41, 5.74) is 3.30. The number of carbonyl (C=O) groups is 1. The van der Waals surface area contributed by atoms with Crippen molar-refractivity contribution in [1.82, 2.24) is 5.43 Å². The zero-order valence-electron chi connectivity index (χ0n) is 17.6. The molecule has 0 aliphatic carbocycles. The van der Waals surface area contributed by atoms with E-state index in [1.54, 1.807) is 60.7 Å². The third kappa shape index (κ3) is 6.47. The molecule has 0 aliphatic rings. The van der Waals surface area contributed by atoms with Gasteiger partial charge in [-0.1, -0.05) is 47.5 Å². The van der Waals surface area contributed by atoms with Gasteiger partial charge in [-0.3, -0.25) is 9.10 Å². The van der Waals surface area contributed by atoms with Gasteiger partial charge in [0.15, 0.2) is 0 Å². The van der Waals surface area contributed by atoms with Crippen LogP contribution in [0.2, 0.25) is 10.0 Å². The Balaban J connectivity index is 1.80. The molecule has 0 spiro atoms. The molecule has 3 aromatic carbocycles. The minimum atomic E-state index is -4.04. The lowest BCUT2D eigenvalue weighted by Crippen LogP contribution is -2.39. The first kappa shape index (κ1) is 24.6. The number of anilines is 1. The van der Waals surface area contributed by atoms with E-state index in [0.717, 1.165) is 4.31 Å². The number of nitrogens with one attached hydrogen (secondary N) is 1. The minimum absolute atomic E-state index is 0.0295. The summed E-state index contributed by atoms with van der Waals surface area (Å²) < 4.78 is 33.1. The highest BCUT2D eigenvalue weighted by atomic mass is 35.5. The SMILES string of the molecule is CCOc1ccc(S(=O)(=O)N(CC(=O)N/N=C/c2ccc(Cl)c(Cl)c2)c2ccccc2)cc1. The Bertz CT molecular complexity index is 1230. The Morgan fingerprint density at radius 3 is 2.36 bits per heavy atom. The van der Waals surface area contributed by atoms with E-state index in [1.165, 1.54) is 18.3 Å². The molecule has 10 heteroatoms. The zero-order valence-corrected chi connectivity index (χ0v) is 19.9. The largest absolute Gasteiger partial charge is 0.494 e. The van der Waals surface area contributed by atoms with Crippen molar-refractivity contribution in [1.29, 1.82) is 0 Å². The van der Waals surface area contributed by atoms with E-state index < -0.39 is 22.5 Å². The third-order valence-electron chi connectivity index (χ3n) is 4.40. The van der Waals surface area contributed by atoms with Crippen LogP contribution in [0.15, 0.2) is 82.8 Å². The molecule has 0 radical (unpaired) electrons. The first-order valence-electron chi connectivity index (χ1n) is 9.89. The number of hydrogen-bond acceptors (Lipinski definition) is 5. The van der Waals surface area contributed by atoms with Gasteiger partial charge in [-0.05, 0) is 61.0 Å². The molecule has 3 aromatic rings. The number of sulfonamides is 1. The van der Waals surface area contributed by atoms with Gasteiger partial charge in [0.1, 0.15) is 12.3 Å². The number of hydrazone groups is 1. The lowest BCUT2D eigenvalue weighted by molar-refractivity contribution is -0.119. The summed E-state index contributed by atoms with van der Waals surface area (Å²) in [6.07, 6.45) is 1.38. The molecule has 0 atom stereocenters. The number of para-hydroxylation sites is 1. The van der Waals surface area contributed by atoms with E-state index in [2.05, 4.69) is 10.5 Å². The topological polar surface area (TPSA) is 88.1 Å². The Morgan fingerprint density at radius 2 is 1.73 bits per heavy atom. The fourth-order valence-corrected chi connectivity index (χ4v) is 4.58. The Labute approximate surface area is 202 Å². The van der Waals surface area contributed by atoms with Gasteiger partial charge in [-0.15, -0.1) is 0 Å². The van der Waals surface area contributed by atoms with Crippen LogP contribution in [0.25, 0.3) is 0 Å². The Morgan fingerprint density at radius 1 is 1.03 bits per heavy atom. The summed E-state index contributed by atoms with van der Waals surface area (Å²) in [6, 6.07) is 19.3. The molecule has 33 heavy (non-hydrogen) atoms. The van der Waals surface area contributed by atoms with Gasteiger partial charge in [0.2, 0.25) is 0 Å². The predicted octanol–water partition coefficient (Wildman–Crippen LogP) is 4.74. The number of carbonyl (C=O) groups excluding carboxylic acids is 1. The molecule has 0 heterocycles. The van der Waals surface area contributed by atoms with Crippen LogP contribution in [0.4, 0.5) is 5.69 Å². The zero-order chi connectivity index (χ0) is 23.8. The Kier molecular flexibility index (Phi) is 8.32. The van der Waals surface area contributed by atoms with Gasteiger partial charge in [-0.2, -0.15) is 5.10 Å². The van der Waals surface area contributed by atoms with E-state index in [1.807, 2.05) is 6.92 Å². The summed E-state index contributed by atoms with van der Waals surface area (Å²) in [6.45, 7) is 1.83. The van der Waals surface area contributed by atoms with Crippen molar-refractivity contribution in [2.45, 2.75) is 11.8 Å². The standard InChI is InChI=1S/C23H21Cl2N3O4S/c1-2-32-19-9-11-20(12-10-19)33(30,31)28(18-6-4-3-5-7-18)16-23(29)27-26-15-17-8-13-21(24)22(25)14-17/h3-15H,2,16H2,1H3,(H,27,29)/b26-15+. The molecular weight excluding hydrogens is 485 g/mol. The fraction of sp³-hybridized carbons (Fsp3) is 0.130. The van der Waals surface area contributed by atoms with Crippen LogP contribution in [0.5, 0.6) is 5.75 Å². The van der Waals surface area contributed by atoms with Crippen molar-refractivity contribution in [3.05, 3.63) is 88.4 Å². The van der Waals surface area contributed by atoms with Gasteiger partial charge in [-0.25, -0.2) is 13.8 Å². The van der Waals surface area contributed by atoms with Gasteiger partial charge < -0.3 is 4.74 Å². The molecule has 3 rings (SSSR count). The number of rotatable bonds is 9. The van der Waals surface area contributed by atoms with Gasteiger partial charge in [0, 0.05) is 0 Å². The highest BCUT2D eigenvalue weighted by Crippen LogP contribution is 2.25. The number of amides is 1. The number of nitrogens with zero attached hydrogens (tertiary/aromatic N) is 2. The lowest BCUT2D eigenvalue weighted by atomic mass is 10.2. The normalized spacial score (nSPS) is 11.4. The molecule has 172 valence electrons. The summed E-state index contributed by atoms with van der Waals surface area (Å²) >= 11 is 11.8. The third-order valence-corrected chi connectivity index (χ3v) is 6.93. The summed E-state index contributed by atoms with van der Waals surface area (Å²) in [7, 11) is -4.04. The maximum absolute atomic E-state index is 13.3. The molecule has 1 N–H and O–H groups in total. The van der Waals surface area contributed by atoms with E-state index in [-0.39, 0.29) is 4.90 Å². The second-order valence-electron chi connectivity index (χ2n) is 6.72. The molecule has 0 aliphatic heterocycles. The second-order valence-corrected chi connectivity index (χ2v) is 9.40. The molecule has 0 fully saturated rings. The van der Waals surface area contributed by atoms with Crippen molar-refractivity contribution in [2.75, 3.05) is 17.5 Å². The molecule has 0 bridgehead atoms. The summed E-state index contributed by atoms with van der Waals surface area (Å²) in [5.74, 6) is -0.0678. The monoisotopic (exact) mass is 505 g/mol. The van der Waals surface area contributed by atoms with E-state index in [4.69, 9.17) is 27.9 Å². The van der Waals surface area contributed by atoms with Crippen LogP contribution >= 0.6 is 23.2 Å². The smallest absolute Gasteiger partial charge is 0.264 e. The molecule has 0 saturated carbocycles. The molecule has 1 amide bonds. The number of halogens is 2. The maximum Gasteiger partial charge on any atom is 0.264 e. The van der Waals surface area contributed by atoms with Crippen molar-refractivity contribution in [2.24, 2.45) is 5.10 Å². The average molecular weight is 506 g/mol. The van der Waals surface area contributed by atoms with Gasteiger partial charge in [0.05, 0.1) is 33.4 Å². The van der Waals surface area contributed by atoms with Crippen molar-refractivity contribution >= 4 is 51.0 Å². The maximum atomic E-state index is 13.3. The first-order valence-corrected chi connectivity index (χ1v) is 12.1. The van der Waals surface area contributed by atoms with Crippen molar-refractivity contribution in [3.8, 4) is 5.75 Å². The van der Waals surface area contributed by atoms with Crippen LogP contribution < -0.4 is 14.5 Å². The van der Waals surface area contributed by atoms with E-state index >= 15 is 0 Å². The number of ether oxygens (including phenoxy) is 1. The second kappa shape index (κ2) is 11.2. The van der Waals surface area contributed by atoms with Crippen molar-refractivity contribution < 1.29 is 17.9 Å². The summed E-state index contributed by atoms with van der Waals surface area (Å²) in [5, 5.41) is 4.63. The first-order chi connectivity index (χ1) is 15.8. The number of benzene rings is 3. The fourth-order valence-electron chi connectivity index (χ4n) is 2.85. The molecule has 7 nitrogen and oxygen atoms in total. The molecular formula is C23H21Cl2N3O4S. The van der Waals surface area contributed by atoms with Gasteiger partial charge in [0.25, 0.3) is 15.9 Å². The van der Waals surface area contributed by atoms with E-state index in [0.29, 0.717) is 33.7 Å². The highest BCUT2D eigenvalue weighted by molar-refractivity contribution is 7.92. The quantitative estimate of drug-likeness (QED) is 0.336. The molecule has 0 saturated heterocycles. The molecule has 0 aromatic heterocycles. The average Bonchev–Trinajstić information content (AvgIpc) is 2.81. The van der Waals surface area contributed by atoms with Crippen LogP contribution in [-0.2, 0) is 14.8 Å². The van der Waals surface area contributed by atoms with E-state index in [9.17, 15) is 13.2 Å².